The summed E-state index contributed by atoms with van der Waals surface area (Å²) < 4.78 is 43.5. The Bertz CT molecular complexity index is 654. The van der Waals surface area contributed by atoms with Crippen LogP contribution in [0.5, 0.6) is 5.75 Å². The third-order valence-corrected chi connectivity index (χ3v) is 4.19. The van der Waals surface area contributed by atoms with Crippen LogP contribution in [0.2, 0.25) is 0 Å². The molecule has 0 bridgehead atoms. The van der Waals surface area contributed by atoms with Crippen molar-refractivity contribution in [2.45, 2.75) is 32.0 Å². The Morgan fingerprint density at radius 2 is 2.23 bits per heavy atom. The topological polar surface area (TPSA) is 84.9 Å². The van der Waals surface area contributed by atoms with Gasteiger partial charge < -0.3 is 9.47 Å². The zero-order valence-corrected chi connectivity index (χ0v) is 13.5. The molecule has 0 fully saturated rings. The fourth-order valence-electron chi connectivity index (χ4n) is 2.45. The van der Waals surface area contributed by atoms with Crippen molar-refractivity contribution in [2.75, 3.05) is 13.2 Å². The van der Waals surface area contributed by atoms with Crippen molar-refractivity contribution >= 4 is 10.3 Å². The first-order chi connectivity index (χ1) is 10.2. The summed E-state index contributed by atoms with van der Waals surface area (Å²) in [5, 5.41) is 0. The van der Waals surface area contributed by atoms with E-state index in [0.717, 1.165) is 16.9 Å². The first-order valence-corrected chi connectivity index (χ1v) is 8.42. The minimum Gasteiger partial charge on any atom is -0.464 e. The molecule has 7 heteroatoms. The predicted molar refractivity (Wildman–Crippen MR) is 83.3 cm³/mol. The van der Waals surface area contributed by atoms with E-state index >= 15 is 0 Å². The van der Waals surface area contributed by atoms with Gasteiger partial charge in [0.2, 0.25) is 6.29 Å². The first-order valence-electron chi connectivity index (χ1n) is 6.98. The van der Waals surface area contributed by atoms with Gasteiger partial charge in [0.15, 0.2) is 0 Å². The first kappa shape index (κ1) is 17.0. The highest BCUT2D eigenvalue weighted by atomic mass is 32.2. The maximum Gasteiger partial charge on any atom is 0.333 e. The van der Waals surface area contributed by atoms with E-state index in [0.29, 0.717) is 13.0 Å². The lowest BCUT2D eigenvalue weighted by Crippen LogP contribution is -2.34. The lowest BCUT2D eigenvalue weighted by atomic mass is 9.84. The van der Waals surface area contributed by atoms with Crippen molar-refractivity contribution in [3.63, 3.8) is 0 Å². The Hall–Kier alpha value is -1.41. The smallest absolute Gasteiger partial charge is 0.333 e. The Kier molecular flexibility index (Phi) is 4.91. The summed E-state index contributed by atoms with van der Waals surface area (Å²) in [6, 6.07) is 5.71. The maximum atomic E-state index is 10.7. The number of rotatable bonds is 7. The van der Waals surface area contributed by atoms with Crippen molar-refractivity contribution < 1.29 is 22.4 Å². The Morgan fingerprint density at radius 1 is 1.50 bits per heavy atom. The molecule has 2 rings (SSSR count). The molecule has 0 aliphatic carbocycles. The molecular weight excluding hydrogens is 306 g/mol. The van der Waals surface area contributed by atoms with Crippen LogP contribution < -0.4 is 9.46 Å². The van der Waals surface area contributed by atoms with Gasteiger partial charge in [-0.3, -0.25) is 4.55 Å². The third-order valence-electron chi connectivity index (χ3n) is 3.63. The molecule has 1 heterocycles. The van der Waals surface area contributed by atoms with E-state index in [1.165, 1.54) is 0 Å². The van der Waals surface area contributed by atoms with Crippen LogP contribution in [-0.4, -0.2) is 32.4 Å². The molecule has 122 valence electrons. The standard InChI is InChI=1S/C15H21NO5S/c1-4-9-20-14-15(2,3)12-10-11(5-6-13(12)21-14)7-8-16-22(17,18)19/h4-6,10,14,16H,1,7-9H2,2-3H3,(H,17,18,19). The zero-order chi connectivity index (χ0) is 16.4. The van der Waals surface area contributed by atoms with Gasteiger partial charge in [-0.1, -0.05) is 18.2 Å². The second-order valence-electron chi connectivity index (χ2n) is 5.74. The SMILES string of the molecule is C=CCOC1Oc2ccc(CCNS(=O)(=O)O)cc2C1(C)C. The number of benzene rings is 1. The average Bonchev–Trinajstić information content (AvgIpc) is 2.66. The zero-order valence-electron chi connectivity index (χ0n) is 12.7. The summed E-state index contributed by atoms with van der Waals surface area (Å²) in [4.78, 5) is 0. The van der Waals surface area contributed by atoms with Crippen molar-refractivity contribution in [1.82, 2.24) is 4.72 Å². The molecule has 1 aromatic carbocycles. The van der Waals surface area contributed by atoms with Gasteiger partial charge in [0.1, 0.15) is 5.75 Å². The summed E-state index contributed by atoms with van der Waals surface area (Å²) in [6.45, 7) is 8.24. The highest BCUT2D eigenvalue weighted by molar-refractivity contribution is 7.83. The molecule has 6 nitrogen and oxygen atoms in total. The Morgan fingerprint density at radius 3 is 2.86 bits per heavy atom. The van der Waals surface area contributed by atoms with Gasteiger partial charge >= 0.3 is 10.3 Å². The van der Waals surface area contributed by atoms with Crippen LogP contribution in [0.1, 0.15) is 25.0 Å². The number of ether oxygens (including phenoxy) is 2. The highest BCUT2D eigenvalue weighted by Gasteiger charge is 2.42. The number of hydrogen-bond donors (Lipinski definition) is 2. The average molecular weight is 327 g/mol. The highest BCUT2D eigenvalue weighted by Crippen LogP contribution is 2.43. The van der Waals surface area contributed by atoms with E-state index in [1.54, 1.807) is 6.08 Å². The van der Waals surface area contributed by atoms with E-state index < -0.39 is 10.3 Å². The van der Waals surface area contributed by atoms with E-state index in [4.69, 9.17) is 14.0 Å². The molecule has 1 aliphatic rings. The fourth-order valence-corrected chi connectivity index (χ4v) is 2.81. The van der Waals surface area contributed by atoms with Crippen LogP contribution in [0, 0.1) is 0 Å². The summed E-state index contributed by atoms with van der Waals surface area (Å²) in [7, 11) is -4.15. The molecule has 0 radical (unpaired) electrons. The fraction of sp³-hybridized carbons (Fsp3) is 0.467. The van der Waals surface area contributed by atoms with Gasteiger partial charge in [0.25, 0.3) is 0 Å². The maximum absolute atomic E-state index is 10.7. The molecule has 22 heavy (non-hydrogen) atoms. The van der Waals surface area contributed by atoms with Gasteiger partial charge in [-0.05, 0) is 31.9 Å². The van der Waals surface area contributed by atoms with Crippen LogP contribution >= 0.6 is 0 Å². The van der Waals surface area contributed by atoms with Crippen molar-refractivity contribution in [1.29, 1.82) is 0 Å². The van der Waals surface area contributed by atoms with Crippen LogP contribution in [0.4, 0.5) is 0 Å². The lowest BCUT2D eigenvalue weighted by molar-refractivity contribution is -0.0925. The largest absolute Gasteiger partial charge is 0.464 e. The summed E-state index contributed by atoms with van der Waals surface area (Å²) in [6.07, 6.45) is 1.77. The molecule has 1 atom stereocenters. The van der Waals surface area contributed by atoms with Gasteiger partial charge in [0, 0.05) is 12.1 Å². The molecule has 0 saturated heterocycles. The molecule has 0 saturated carbocycles. The van der Waals surface area contributed by atoms with Crippen LogP contribution in [0.15, 0.2) is 30.9 Å². The summed E-state index contributed by atoms with van der Waals surface area (Å²) in [5.41, 5.74) is 1.66. The molecule has 2 N–H and O–H groups in total. The number of fused-ring (bicyclic) bond motifs is 1. The van der Waals surface area contributed by atoms with E-state index in [-0.39, 0.29) is 18.2 Å². The number of nitrogens with one attached hydrogen (secondary N) is 1. The molecule has 0 spiro atoms. The molecule has 0 aromatic heterocycles. The van der Waals surface area contributed by atoms with E-state index in [2.05, 4.69) is 11.3 Å². The van der Waals surface area contributed by atoms with E-state index in [9.17, 15) is 8.42 Å². The van der Waals surface area contributed by atoms with Gasteiger partial charge in [-0.25, -0.2) is 0 Å². The predicted octanol–water partition coefficient (Wildman–Crippen LogP) is 1.82. The molecule has 1 aromatic rings. The second kappa shape index (κ2) is 6.37. The summed E-state index contributed by atoms with van der Waals surface area (Å²) in [5.74, 6) is 0.769. The second-order valence-corrected chi connectivity index (χ2v) is 6.98. The van der Waals surface area contributed by atoms with Crippen LogP contribution in [0.3, 0.4) is 0 Å². The van der Waals surface area contributed by atoms with Crippen molar-refractivity contribution in [3.05, 3.63) is 42.0 Å². The monoisotopic (exact) mass is 327 g/mol. The number of hydrogen-bond acceptors (Lipinski definition) is 4. The van der Waals surface area contributed by atoms with E-state index in [1.807, 2.05) is 32.0 Å². The third kappa shape index (κ3) is 3.86. The molecule has 0 amide bonds. The van der Waals surface area contributed by atoms with Crippen LogP contribution in [0.25, 0.3) is 0 Å². The normalized spacial score (nSPS) is 19.5. The molecule has 1 aliphatic heterocycles. The van der Waals surface area contributed by atoms with Crippen LogP contribution in [-0.2, 0) is 26.9 Å². The van der Waals surface area contributed by atoms with Gasteiger partial charge in [-0.2, -0.15) is 13.1 Å². The van der Waals surface area contributed by atoms with Crippen molar-refractivity contribution in [3.8, 4) is 5.75 Å². The molecule has 1 unspecified atom stereocenters. The Balaban J connectivity index is 2.11. The summed E-state index contributed by atoms with van der Waals surface area (Å²) >= 11 is 0. The van der Waals surface area contributed by atoms with Gasteiger partial charge in [-0.15, -0.1) is 6.58 Å². The quantitative estimate of drug-likeness (QED) is 0.589. The van der Waals surface area contributed by atoms with Crippen molar-refractivity contribution in [2.24, 2.45) is 0 Å². The minimum atomic E-state index is -4.15. The Labute approximate surface area is 131 Å². The molecular formula is C15H21NO5S. The van der Waals surface area contributed by atoms with Gasteiger partial charge in [0.05, 0.1) is 12.0 Å². The lowest BCUT2D eigenvalue weighted by Gasteiger charge is -2.25. The minimum absolute atomic E-state index is 0.134.